The molecule has 19 heavy (non-hydrogen) atoms. The van der Waals surface area contributed by atoms with Crippen LogP contribution in [0.3, 0.4) is 0 Å². The first kappa shape index (κ1) is 14.3. The Labute approximate surface area is 116 Å². The van der Waals surface area contributed by atoms with Gasteiger partial charge >= 0.3 is 0 Å². The van der Waals surface area contributed by atoms with Crippen molar-refractivity contribution >= 4 is 5.69 Å². The second kappa shape index (κ2) is 6.87. The Morgan fingerprint density at radius 3 is 3.00 bits per heavy atom. The minimum Gasteiger partial charge on any atom is -0.367 e. The molecule has 0 amide bonds. The van der Waals surface area contributed by atoms with Crippen LogP contribution in [0, 0.1) is 0 Å². The minimum atomic E-state index is 0.602. The fraction of sp³-hybridized carbons (Fsp3) is 0.667. The van der Waals surface area contributed by atoms with Crippen molar-refractivity contribution in [3.05, 3.63) is 24.0 Å². The predicted octanol–water partition coefficient (Wildman–Crippen LogP) is 1.72. The summed E-state index contributed by atoms with van der Waals surface area (Å²) in [6.45, 7) is 9.79. The van der Waals surface area contributed by atoms with Gasteiger partial charge in [0.25, 0.3) is 0 Å². The van der Waals surface area contributed by atoms with Gasteiger partial charge in [-0.25, -0.2) is 0 Å². The third-order valence-electron chi connectivity index (χ3n) is 3.93. The lowest BCUT2D eigenvalue weighted by atomic mass is 10.1. The van der Waals surface area contributed by atoms with E-state index in [0.29, 0.717) is 6.04 Å². The topological polar surface area (TPSA) is 31.4 Å². The van der Waals surface area contributed by atoms with Crippen molar-refractivity contribution < 1.29 is 0 Å². The number of hydrogen-bond acceptors (Lipinski definition) is 4. The maximum Gasteiger partial charge on any atom is 0.0599 e. The van der Waals surface area contributed by atoms with Gasteiger partial charge in [0.05, 0.1) is 11.9 Å². The number of aromatic nitrogens is 1. The molecule has 0 spiro atoms. The van der Waals surface area contributed by atoms with Crippen LogP contribution in [0.4, 0.5) is 5.69 Å². The molecule has 1 fully saturated rings. The highest BCUT2D eigenvalue weighted by Crippen LogP contribution is 2.22. The Morgan fingerprint density at radius 2 is 2.26 bits per heavy atom. The number of nitrogens with one attached hydrogen (secondary N) is 1. The molecular weight excluding hydrogens is 236 g/mol. The monoisotopic (exact) mass is 262 g/mol. The van der Waals surface area contributed by atoms with Gasteiger partial charge in [-0.05, 0) is 38.6 Å². The average molecular weight is 262 g/mol. The molecule has 2 heterocycles. The molecule has 4 heteroatoms. The lowest BCUT2D eigenvalue weighted by Crippen LogP contribution is -2.50. The first-order valence-corrected chi connectivity index (χ1v) is 7.31. The molecule has 0 aromatic carbocycles. The van der Waals surface area contributed by atoms with Crippen LogP contribution < -0.4 is 10.2 Å². The first-order valence-electron chi connectivity index (χ1n) is 7.31. The van der Waals surface area contributed by atoms with Crippen LogP contribution in [-0.2, 0) is 6.54 Å². The zero-order chi connectivity index (χ0) is 13.7. The van der Waals surface area contributed by atoms with E-state index in [4.69, 9.17) is 0 Å². The number of rotatable bonds is 5. The molecule has 0 radical (unpaired) electrons. The number of hydrogen-bond donors (Lipinski definition) is 1. The summed E-state index contributed by atoms with van der Waals surface area (Å²) in [5.41, 5.74) is 2.66. The molecule has 1 saturated heterocycles. The molecule has 2 rings (SSSR count). The molecular formula is C15H26N4. The minimum absolute atomic E-state index is 0.602. The zero-order valence-corrected chi connectivity index (χ0v) is 12.4. The number of nitrogens with zero attached hydrogens (tertiary/aromatic N) is 3. The van der Waals surface area contributed by atoms with Crippen molar-refractivity contribution in [1.82, 2.24) is 15.2 Å². The van der Waals surface area contributed by atoms with Crippen molar-refractivity contribution in [1.29, 1.82) is 0 Å². The first-order chi connectivity index (χ1) is 9.22. The lowest BCUT2D eigenvalue weighted by molar-refractivity contribution is 0.234. The Hall–Kier alpha value is -1.13. The van der Waals surface area contributed by atoms with E-state index in [9.17, 15) is 0 Å². The molecule has 1 aliphatic rings. The van der Waals surface area contributed by atoms with E-state index in [1.54, 1.807) is 0 Å². The van der Waals surface area contributed by atoms with Crippen LogP contribution in [0.5, 0.6) is 0 Å². The van der Waals surface area contributed by atoms with Crippen molar-refractivity contribution in [2.75, 3.05) is 38.1 Å². The Kier molecular flexibility index (Phi) is 5.16. The van der Waals surface area contributed by atoms with Crippen molar-refractivity contribution in [3.63, 3.8) is 0 Å². The normalized spacial score (nSPS) is 20.8. The standard InChI is InChI=1S/C15H26N4/c1-4-6-16-10-14-5-7-17-11-15(14)19-9-8-18(3)13(2)12-19/h5,7,11,13,16H,4,6,8-10,12H2,1-3H3. The summed E-state index contributed by atoms with van der Waals surface area (Å²) >= 11 is 0. The zero-order valence-electron chi connectivity index (χ0n) is 12.4. The summed E-state index contributed by atoms with van der Waals surface area (Å²) in [6, 6.07) is 2.74. The van der Waals surface area contributed by atoms with Crippen LogP contribution in [0.1, 0.15) is 25.8 Å². The Balaban J connectivity index is 2.06. The fourth-order valence-corrected chi connectivity index (χ4v) is 2.52. The molecule has 106 valence electrons. The highest BCUT2D eigenvalue weighted by atomic mass is 15.3. The van der Waals surface area contributed by atoms with E-state index < -0.39 is 0 Å². The van der Waals surface area contributed by atoms with Gasteiger partial charge in [-0.2, -0.15) is 0 Å². The molecule has 0 aliphatic carbocycles. The molecule has 1 atom stereocenters. The summed E-state index contributed by atoms with van der Waals surface area (Å²) < 4.78 is 0. The van der Waals surface area contributed by atoms with E-state index in [2.05, 4.69) is 47.1 Å². The summed E-state index contributed by atoms with van der Waals surface area (Å²) in [6.07, 6.45) is 5.08. The lowest BCUT2D eigenvalue weighted by Gasteiger charge is -2.39. The predicted molar refractivity (Wildman–Crippen MR) is 80.5 cm³/mol. The number of pyridine rings is 1. The van der Waals surface area contributed by atoms with E-state index in [-0.39, 0.29) is 0 Å². The third-order valence-corrected chi connectivity index (χ3v) is 3.93. The summed E-state index contributed by atoms with van der Waals surface area (Å²) in [7, 11) is 2.20. The SMILES string of the molecule is CCCNCc1ccncc1N1CCN(C)C(C)C1. The molecule has 1 aromatic rings. The molecule has 1 unspecified atom stereocenters. The maximum absolute atomic E-state index is 4.31. The van der Waals surface area contributed by atoms with Crippen LogP contribution >= 0.6 is 0 Å². The molecule has 0 saturated carbocycles. The van der Waals surface area contributed by atoms with Crippen LogP contribution in [0.25, 0.3) is 0 Å². The number of likely N-dealkylation sites (N-methyl/N-ethyl adjacent to an activating group) is 1. The van der Waals surface area contributed by atoms with Gasteiger partial charge in [0.1, 0.15) is 0 Å². The van der Waals surface area contributed by atoms with Gasteiger partial charge in [0.15, 0.2) is 0 Å². The molecule has 1 aromatic heterocycles. The van der Waals surface area contributed by atoms with Gasteiger partial charge < -0.3 is 15.1 Å². The highest BCUT2D eigenvalue weighted by Gasteiger charge is 2.22. The highest BCUT2D eigenvalue weighted by molar-refractivity contribution is 5.52. The fourth-order valence-electron chi connectivity index (χ4n) is 2.52. The second-order valence-corrected chi connectivity index (χ2v) is 5.46. The third kappa shape index (κ3) is 3.67. The number of anilines is 1. The van der Waals surface area contributed by atoms with Gasteiger partial charge in [-0.3, -0.25) is 4.98 Å². The largest absolute Gasteiger partial charge is 0.367 e. The Morgan fingerprint density at radius 1 is 1.42 bits per heavy atom. The van der Waals surface area contributed by atoms with Gasteiger partial charge in [-0.15, -0.1) is 0 Å². The van der Waals surface area contributed by atoms with Crippen LogP contribution in [-0.4, -0.2) is 49.2 Å². The van der Waals surface area contributed by atoms with Crippen molar-refractivity contribution in [3.8, 4) is 0 Å². The molecule has 1 aliphatic heterocycles. The van der Waals surface area contributed by atoms with Gasteiger partial charge in [0, 0.05) is 38.4 Å². The van der Waals surface area contributed by atoms with Gasteiger partial charge in [-0.1, -0.05) is 6.92 Å². The summed E-state index contributed by atoms with van der Waals surface area (Å²) in [5, 5.41) is 3.49. The maximum atomic E-state index is 4.31. The van der Waals surface area contributed by atoms with Crippen LogP contribution in [0.2, 0.25) is 0 Å². The van der Waals surface area contributed by atoms with Crippen LogP contribution in [0.15, 0.2) is 18.5 Å². The number of piperazine rings is 1. The van der Waals surface area contributed by atoms with E-state index >= 15 is 0 Å². The summed E-state index contributed by atoms with van der Waals surface area (Å²) in [4.78, 5) is 9.20. The van der Waals surface area contributed by atoms with Gasteiger partial charge in [0.2, 0.25) is 0 Å². The van der Waals surface area contributed by atoms with Crippen molar-refractivity contribution in [2.24, 2.45) is 0 Å². The molecule has 4 nitrogen and oxygen atoms in total. The van der Waals surface area contributed by atoms with E-state index in [0.717, 1.165) is 32.7 Å². The quantitative estimate of drug-likeness (QED) is 0.819. The summed E-state index contributed by atoms with van der Waals surface area (Å²) in [5.74, 6) is 0. The molecule has 0 bridgehead atoms. The second-order valence-electron chi connectivity index (χ2n) is 5.46. The molecule has 1 N–H and O–H groups in total. The smallest absolute Gasteiger partial charge is 0.0599 e. The van der Waals surface area contributed by atoms with Crippen molar-refractivity contribution in [2.45, 2.75) is 32.9 Å². The Bertz CT molecular complexity index is 393. The van der Waals surface area contributed by atoms with E-state index in [1.807, 2.05) is 12.4 Å². The average Bonchev–Trinajstić information content (AvgIpc) is 2.43. The van der Waals surface area contributed by atoms with E-state index in [1.165, 1.54) is 17.7 Å².